The van der Waals surface area contributed by atoms with Crippen LogP contribution >= 0.6 is 0 Å². The topological polar surface area (TPSA) is 67.5 Å². The maximum atomic E-state index is 10.7. The van der Waals surface area contributed by atoms with Crippen LogP contribution < -0.4 is 0 Å². The van der Waals surface area contributed by atoms with Crippen molar-refractivity contribution in [2.45, 2.75) is 20.3 Å². The van der Waals surface area contributed by atoms with E-state index < -0.39 is 5.97 Å². The Labute approximate surface area is 86.4 Å². The molecule has 0 bridgehead atoms. The van der Waals surface area contributed by atoms with E-state index in [-0.39, 0.29) is 6.42 Å². The molecule has 0 aromatic carbocycles. The number of nitrogens with zero attached hydrogens (tertiary/aromatic N) is 3. The maximum Gasteiger partial charge on any atom is 0.307 e. The monoisotopic (exact) mass is 205 g/mol. The van der Waals surface area contributed by atoms with E-state index >= 15 is 0 Å². The van der Waals surface area contributed by atoms with Crippen LogP contribution in [0, 0.1) is 13.8 Å². The molecule has 2 heterocycles. The highest BCUT2D eigenvalue weighted by Gasteiger charge is 2.09. The van der Waals surface area contributed by atoms with Gasteiger partial charge in [0.25, 0.3) is 0 Å². The van der Waals surface area contributed by atoms with Crippen molar-refractivity contribution < 1.29 is 9.90 Å². The lowest BCUT2D eigenvalue weighted by molar-refractivity contribution is -0.136. The molecule has 0 radical (unpaired) electrons. The van der Waals surface area contributed by atoms with Crippen LogP contribution in [-0.4, -0.2) is 25.7 Å². The quantitative estimate of drug-likeness (QED) is 0.793. The molecular formula is C10H11N3O2. The highest BCUT2D eigenvalue weighted by atomic mass is 16.4. The van der Waals surface area contributed by atoms with Gasteiger partial charge in [0.2, 0.25) is 0 Å². The van der Waals surface area contributed by atoms with Crippen LogP contribution in [0.25, 0.3) is 5.65 Å². The molecule has 0 fully saturated rings. The predicted molar refractivity (Wildman–Crippen MR) is 53.8 cm³/mol. The average Bonchev–Trinajstić information content (AvgIpc) is 2.44. The van der Waals surface area contributed by atoms with Crippen molar-refractivity contribution in [1.29, 1.82) is 0 Å². The summed E-state index contributed by atoms with van der Waals surface area (Å²) in [6, 6.07) is 1.76. The third-order valence-corrected chi connectivity index (χ3v) is 2.09. The van der Waals surface area contributed by atoms with Gasteiger partial charge < -0.3 is 5.11 Å². The zero-order chi connectivity index (χ0) is 11.0. The van der Waals surface area contributed by atoms with E-state index in [1.165, 1.54) is 0 Å². The van der Waals surface area contributed by atoms with E-state index in [4.69, 9.17) is 5.11 Å². The second-order valence-corrected chi connectivity index (χ2v) is 3.53. The summed E-state index contributed by atoms with van der Waals surface area (Å²) >= 11 is 0. The standard InChI is InChI=1S/C10H11N3O2/c1-6-3-8(4-9(14)15)10-11-7(2)5-13(10)12-6/h3,5H,4H2,1-2H3,(H,14,15). The highest BCUT2D eigenvalue weighted by Crippen LogP contribution is 2.11. The Morgan fingerprint density at radius 1 is 1.47 bits per heavy atom. The fraction of sp³-hybridized carbons (Fsp3) is 0.300. The van der Waals surface area contributed by atoms with Crippen LogP contribution in [0.4, 0.5) is 0 Å². The second-order valence-electron chi connectivity index (χ2n) is 3.53. The lowest BCUT2D eigenvalue weighted by atomic mass is 10.2. The first-order chi connectivity index (χ1) is 7.06. The Morgan fingerprint density at radius 2 is 2.20 bits per heavy atom. The van der Waals surface area contributed by atoms with Crippen molar-refractivity contribution in [2.24, 2.45) is 0 Å². The molecule has 0 saturated carbocycles. The normalized spacial score (nSPS) is 10.8. The maximum absolute atomic E-state index is 10.7. The number of rotatable bonds is 2. The predicted octanol–water partition coefficient (Wildman–Crippen LogP) is 0.973. The van der Waals surface area contributed by atoms with Gasteiger partial charge in [-0.05, 0) is 19.9 Å². The van der Waals surface area contributed by atoms with Crippen molar-refractivity contribution in [3.05, 3.63) is 29.2 Å². The van der Waals surface area contributed by atoms with Gasteiger partial charge in [-0.15, -0.1) is 0 Å². The molecule has 0 aliphatic carbocycles. The molecule has 0 unspecified atom stereocenters. The van der Waals surface area contributed by atoms with Crippen molar-refractivity contribution in [3.8, 4) is 0 Å². The highest BCUT2D eigenvalue weighted by molar-refractivity contribution is 5.73. The molecule has 0 saturated heterocycles. The molecule has 78 valence electrons. The fourth-order valence-corrected chi connectivity index (χ4v) is 1.59. The van der Waals surface area contributed by atoms with Crippen molar-refractivity contribution >= 4 is 11.6 Å². The average molecular weight is 205 g/mol. The Balaban J connectivity index is 2.64. The molecule has 0 aliphatic heterocycles. The van der Waals surface area contributed by atoms with Gasteiger partial charge in [0.15, 0.2) is 5.65 Å². The van der Waals surface area contributed by atoms with E-state index in [0.29, 0.717) is 11.2 Å². The molecule has 15 heavy (non-hydrogen) atoms. The number of carbonyl (C=O) groups is 1. The molecule has 1 N–H and O–H groups in total. The summed E-state index contributed by atoms with van der Waals surface area (Å²) in [7, 11) is 0. The van der Waals surface area contributed by atoms with E-state index in [2.05, 4.69) is 10.1 Å². The number of aryl methyl sites for hydroxylation is 2. The zero-order valence-corrected chi connectivity index (χ0v) is 8.56. The fourth-order valence-electron chi connectivity index (χ4n) is 1.59. The van der Waals surface area contributed by atoms with Crippen molar-refractivity contribution in [1.82, 2.24) is 14.6 Å². The van der Waals surface area contributed by atoms with Gasteiger partial charge in [-0.3, -0.25) is 4.79 Å². The minimum atomic E-state index is -0.858. The van der Waals surface area contributed by atoms with E-state index in [1.807, 2.05) is 13.8 Å². The summed E-state index contributed by atoms with van der Waals surface area (Å²) in [5.74, 6) is -0.858. The Hall–Kier alpha value is -1.91. The van der Waals surface area contributed by atoms with Gasteiger partial charge in [-0.1, -0.05) is 0 Å². The van der Waals surface area contributed by atoms with Gasteiger partial charge in [0, 0.05) is 5.56 Å². The summed E-state index contributed by atoms with van der Waals surface area (Å²) < 4.78 is 1.63. The molecule has 0 amide bonds. The molecule has 5 nitrogen and oxygen atoms in total. The van der Waals surface area contributed by atoms with Crippen molar-refractivity contribution in [3.63, 3.8) is 0 Å². The van der Waals surface area contributed by atoms with Crippen LogP contribution in [0.1, 0.15) is 17.0 Å². The number of aromatic nitrogens is 3. The lowest BCUT2D eigenvalue weighted by Crippen LogP contribution is -2.05. The second kappa shape index (κ2) is 3.34. The number of fused-ring (bicyclic) bond motifs is 1. The smallest absolute Gasteiger partial charge is 0.307 e. The molecule has 2 aromatic heterocycles. The molecule has 2 rings (SSSR count). The van der Waals surface area contributed by atoms with Gasteiger partial charge in [0.05, 0.1) is 24.0 Å². The summed E-state index contributed by atoms with van der Waals surface area (Å²) in [5, 5.41) is 13.0. The molecule has 5 heteroatoms. The number of imidazole rings is 1. The number of aliphatic carboxylic acids is 1. The SMILES string of the molecule is Cc1cn2nc(C)cc(CC(=O)O)c2n1. The van der Waals surface area contributed by atoms with Crippen LogP contribution in [0.5, 0.6) is 0 Å². The van der Waals surface area contributed by atoms with E-state index in [9.17, 15) is 4.79 Å². The van der Waals surface area contributed by atoms with Gasteiger partial charge >= 0.3 is 5.97 Å². The summed E-state index contributed by atoms with van der Waals surface area (Å²) in [5.41, 5.74) is 2.94. The first-order valence-corrected chi connectivity index (χ1v) is 4.60. The van der Waals surface area contributed by atoms with Crippen molar-refractivity contribution in [2.75, 3.05) is 0 Å². The molecule has 2 aromatic rings. The Kier molecular flexibility index (Phi) is 2.15. The minimum Gasteiger partial charge on any atom is -0.481 e. The van der Waals surface area contributed by atoms with Crippen LogP contribution in [-0.2, 0) is 11.2 Å². The first kappa shape index (κ1) is 9.64. The number of carboxylic acid groups (broad SMARTS) is 1. The third kappa shape index (κ3) is 1.81. The van der Waals surface area contributed by atoms with Crippen LogP contribution in [0.3, 0.4) is 0 Å². The van der Waals surface area contributed by atoms with E-state index in [1.54, 1.807) is 16.8 Å². The number of hydrogen-bond donors (Lipinski definition) is 1. The van der Waals surface area contributed by atoms with Gasteiger partial charge in [0.1, 0.15) is 0 Å². The Morgan fingerprint density at radius 3 is 2.87 bits per heavy atom. The summed E-state index contributed by atoms with van der Waals surface area (Å²) in [4.78, 5) is 14.9. The first-order valence-electron chi connectivity index (χ1n) is 4.60. The molecule has 0 atom stereocenters. The minimum absolute atomic E-state index is 0.0245. The Bertz CT molecular complexity index is 531. The molecular weight excluding hydrogens is 194 g/mol. The lowest BCUT2D eigenvalue weighted by Gasteiger charge is -2.01. The number of carboxylic acids is 1. The molecule has 0 aliphatic rings. The van der Waals surface area contributed by atoms with Gasteiger partial charge in [-0.25, -0.2) is 9.50 Å². The zero-order valence-electron chi connectivity index (χ0n) is 8.56. The summed E-state index contributed by atoms with van der Waals surface area (Å²) in [6.07, 6.45) is 1.76. The summed E-state index contributed by atoms with van der Waals surface area (Å²) in [6.45, 7) is 3.69. The number of hydrogen-bond acceptors (Lipinski definition) is 3. The van der Waals surface area contributed by atoms with Gasteiger partial charge in [-0.2, -0.15) is 5.10 Å². The van der Waals surface area contributed by atoms with Crippen LogP contribution in [0.2, 0.25) is 0 Å². The van der Waals surface area contributed by atoms with Crippen LogP contribution in [0.15, 0.2) is 12.3 Å². The largest absolute Gasteiger partial charge is 0.481 e. The van der Waals surface area contributed by atoms with E-state index in [0.717, 1.165) is 11.4 Å². The molecule has 0 spiro atoms. The third-order valence-electron chi connectivity index (χ3n) is 2.09.